The van der Waals surface area contributed by atoms with Crippen LogP contribution in [0.15, 0.2) is 0 Å². The molecule has 0 bridgehead atoms. The number of piperidine rings is 1. The molecule has 106 valence electrons. The van der Waals surface area contributed by atoms with Crippen LogP contribution in [0.2, 0.25) is 0 Å². The molecule has 1 saturated heterocycles. The molecule has 2 atom stereocenters. The summed E-state index contributed by atoms with van der Waals surface area (Å²) in [5.74, 6) is 0.124. The lowest BCUT2D eigenvalue weighted by molar-refractivity contribution is -0.124. The normalized spacial score (nSPS) is 23.9. The number of hydrogen-bond donors (Lipinski definition) is 2. The lowest BCUT2D eigenvalue weighted by atomic mass is 9.99. The first kappa shape index (κ1) is 15.4. The van der Waals surface area contributed by atoms with Crippen LogP contribution in [0.4, 0.5) is 0 Å². The van der Waals surface area contributed by atoms with Crippen molar-refractivity contribution in [2.24, 2.45) is 0 Å². The average Bonchev–Trinajstić information content (AvgIpc) is 2.37. The molecule has 2 N–H and O–H groups in total. The fraction of sp³-hybridized carbons (Fsp3) is 0.923. The molecule has 0 aromatic carbocycles. The van der Waals surface area contributed by atoms with Gasteiger partial charge in [0.25, 0.3) is 0 Å². The van der Waals surface area contributed by atoms with Gasteiger partial charge in [-0.15, -0.1) is 0 Å². The molecule has 0 spiro atoms. The standard InChI is InChI=1S/C13H26N2O3/c1-11-5-3-6-12(15-11)13(16)14-7-4-8-18-10-9-17-2/h11-12,15H,3-10H2,1-2H3,(H,14,16). The van der Waals surface area contributed by atoms with Crippen LogP contribution in [-0.2, 0) is 14.3 Å². The second-order valence-electron chi connectivity index (χ2n) is 4.80. The number of hydrogen-bond acceptors (Lipinski definition) is 4. The molecule has 1 amide bonds. The molecule has 0 saturated carbocycles. The summed E-state index contributed by atoms with van der Waals surface area (Å²) in [5.41, 5.74) is 0. The van der Waals surface area contributed by atoms with Crippen molar-refractivity contribution >= 4 is 5.91 Å². The first-order valence-corrected chi connectivity index (χ1v) is 6.84. The van der Waals surface area contributed by atoms with Crippen LogP contribution < -0.4 is 10.6 Å². The van der Waals surface area contributed by atoms with Crippen LogP contribution >= 0.6 is 0 Å². The first-order chi connectivity index (χ1) is 8.74. The first-order valence-electron chi connectivity index (χ1n) is 6.84. The molecule has 2 unspecified atom stereocenters. The summed E-state index contributed by atoms with van der Waals surface area (Å²) in [5, 5.41) is 6.28. The molecule has 5 heteroatoms. The van der Waals surface area contributed by atoms with Crippen molar-refractivity contribution in [2.45, 2.75) is 44.7 Å². The van der Waals surface area contributed by atoms with Gasteiger partial charge in [0, 0.05) is 26.3 Å². The van der Waals surface area contributed by atoms with Crippen molar-refractivity contribution in [1.29, 1.82) is 0 Å². The number of rotatable bonds is 8. The molecule has 1 aliphatic rings. The fourth-order valence-corrected chi connectivity index (χ4v) is 2.10. The summed E-state index contributed by atoms with van der Waals surface area (Å²) in [7, 11) is 1.65. The number of ether oxygens (including phenoxy) is 2. The third-order valence-electron chi connectivity index (χ3n) is 3.13. The van der Waals surface area contributed by atoms with Gasteiger partial charge in [0.1, 0.15) is 0 Å². The minimum Gasteiger partial charge on any atom is -0.382 e. The summed E-state index contributed by atoms with van der Waals surface area (Å²) in [6.07, 6.45) is 4.09. The van der Waals surface area contributed by atoms with Gasteiger partial charge >= 0.3 is 0 Å². The molecule has 1 fully saturated rings. The zero-order chi connectivity index (χ0) is 13.2. The highest BCUT2D eigenvalue weighted by Crippen LogP contribution is 2.12. The van der Waals surface area contributed by atoms with Gasteiger partial charge in [0.15, 0.2) is 0 Å². The van der Waals surface area contributed by atoms with E-state index >= 15 is 0 Å². The van der Waals surface area contributed by atoms with E-state index in [2.05, 4.69) is 17.6 Å². The van der Waals surface area contributed by atoms with Gasteiger partial charge in [-0.3, -0.25) is 4.79 Å². The number of amides is 1. The Balaban J connectivity index is 1.99. The highest BCUT2D eigenvalue weighted by molar-refractivity contribution is 5.81. The molecule has 1 heterocycles. The lowest BCUT2D eigenvalue weighted by Crippen LogP contribution is -2.50. The van der Waals surface area contributed by atoms with E-state index in [1.807, 2.05) is 0 Å². The molecule has 0 aromatic heterocycles. The molecule has 0 aromatic rings. The Bertz CT molecular complexity index is 236. The second-order valence-corrected chi connectivity index (χ2v) is 4.80. The topological polar surface area (TPSA) is 59.6 Å². The van der Waals surface area contributed by atoms with Gasteiger partial charge in [-0.05, 0) is 32.6 Å². The van der Waals surface area contributed by atoms with E-state index < -0.39 is 0 Å². The average molecular weight is 258 g/mol. The summed E-state index contributed by atoms with van der Waals surface area (Å²) in [6, 6.07) is 0.440. The van der Waals surface area contributed by atoms with E-state index in [1.165, 1.54) is 0 Å². The third-order valence-corrected chi connectivity index (χ3v) is 3.13. The smallest absolute Gasteiger partial charge is 0.237 e. The minimum absolute atomic E-state index is 0.0110. The van der Waals surface area contributed by atoms with Crippen LogP contribution in [0.1, 0.15) is 32.6 Å². The maximum absolute atomic E-state index is 11.8. The summed E-state index contributed by atoms with van der Waals surface area (Å²) >= 11 is 0. The van der Waals surface area contributed by atoms with E-state index in [0.717, 1.165) is 25.7 Å². The van der Waals surface area contributed by atoms with Crippen molar-refractivity contribution < 1.29 is 14.3 Å². The predicted octanol–water partition coefficient (Wildman–Crippen LogP) is 0.686. The van der Waals surface area contributed by atoms with Crippen molar-refractivity contribution in [3.63, 3.8) is 0 Å². The van der Waals surface area contributed by atoms with Gasteiger partial charge in [0.2, 0.25) is 5.91 Å². The highest BCUT2D eigenvalue weighted by atomic mass is 16.5. The maximum atomic E-state index is 11.8. The van der Waals surface area contributed by atoms with Crippen molar-refractivity contribution in [2.75, 3.05) is 33.5 Å². The van der Waals surface area contributed by atoms with E-state index in [9.17, 15) is 4.79 Å². The molecule has 1 rings (SSSR count). The Labute approximate surface area is 110 Å². The Morgan fingerprint density at radius 3 is 2.89 bits per heavy atom. The van der Waals surface area contributed by atoms with Gasteiger partial charge in [0.05, 0.1) is 19.3 Å². The zero-order valence-electron chi connectivity index (χ0n) is 11.5. The molecule has 5 nitrogen and oxygen atoms in total. The highest BCUT2D eigenvalue weighted by Gasteiger charge is 2.23. The van der Waals surface area contributed by atoms with Crippen LogP contribution in [0.5, 0.6) is 0 Å². The summed E-state index contributed by atoms with van der Waals surface area (Å²) in [6.45, 7) is 4.71. The largest absolute Gasteiger partial charge is 0.382 e. The number of nitrogens with one attached hydrogen (secondary N) is 2. The number of methoxy groups -OCH3 is 1. The third kappa shape index (κ3) is 6.33. The molecular weight excluding hydrogens is 232 g/mol. The van der Waals surface area contributed by atoms with Crippen molar-refractivity contribution in [1.82, 2.24) is 10.6 Å². The van der Waals surface area contributed by atoms with Gasteiger partial charge in [-0.2, -0.15) is 0 Å². The molecule has 1 aliphatic heterocycles. The van der Waals surface area contributed by atoms with Gasteiger partial charge < -0.3 is 20.1 Å². The minimum atomic E-state index is -0.0110. The van der Waals surface area contributed by atoms with Crippen molar-refractivity contribution in [3.8, 4) is 0 Å². The Morgan fingerprint density at radius 2 is 2.17 bits per heavy atom. The molecule has 0 aliphatic carbocycles. The predicted molar refractivity (Wildman–Crippen MR) is 70.6 cm³/mol. The molecule has 0 radical (unpaired) electrons. The van der Waals surface area contributed by atoms with E-state index in [-0.39, 0.29) is 11.9 Å². The monoisotopic (exact) mass is 258 g/mol. The molecular formula is C13H26N2O3. The van der Waals surface area contributed by atoms with Gasteiger partial charge in [-0.1, -0.05) is 0 Å². The lowest BCUT2D eigenvalue weighted by Gasteiger charge is -2.27. The number of carbonyl (C=O) groups excluding carboxylic acids is 1. The van der Waals surface area contributed by atoms with Crippen LogP contribution in [-0.4, -0.2) is 51.5 Å². The zero-order valence-corrected chi connectivity index (χ0v) is 11.5. The quantitative estimate of drug-likeness (QED) is 0.629. The Kier molecular flexibility index (Phi) is 7.96. The second kappa shape index (κ2) is 9.30. The van der Waals surface area contributed by atoms with E-state index in [1.54, 1.807) is 7.11 Å². The van der Waals surface area contributed by atoms with E-state index in [4.69, 9.17) is 9.47 Å². The Hall–Kier alpha value is -0.650. The summed E-state index contributed by atoms with van der Waals surface area (Å²) < 4.78 is 10.2. The SMILES string of the molecule is COCCOCCCNC(=O)C1CCCC(C)N1. The Morgan fingerprint density at radius 1 is 1.33 bits per heavy atom. The van der Waals surface area contributed by atoms with Gasteiger partial charge in [-0.25, -0.2) is 0 Å². The maximum Gasteiger partial charge on any atom is 0.237 e. The van der Waals surface area contributed by atoms with Crippen LogP contribution in [0.3, 0.4) is 0 Å². The fourth-order valence-electron chi connectivity index (χ4n) is 2.10. The van der Waals surface area contributed by atoms with Crippen LogP contribution in [0.25, 0.3) is 0 Å². The van der Waals surface area contributed by atoms with E-state index in [0.29, 0.717) is 32.4 Å². The summed E-state index contributed by atoms with van der Waals surface area (Å²) in [4.78, 5) is 11.8. The number of carbonyl (C=O) groups is 1. The van der Waals surface area contributed by atoms with Crippen LogP contribution in [0, 0.1) is 0 Å². The molecule has 18 heavy (non-hydrogen) atoms. The van der Waals surface area contributed by atoms with Crippen molar-refractivity contribution in [3.05, 3.63) is 0 Å².